The lowest BCUT2D eigenvalue weighted by Gasteiger charge is -2.36. The number of fused-ring (bicyclic) bond motifs is 3. The van der Waals surface area contributed by atoms with Gasteiger partial charge in [0.2, 0.25) is 0 Å². The normalized spacial score (nSPS) is 15.2. The van der Waals surface area contributed by atoms with E-state index in [9.17, 15) is 0 Å². The van der Waals surface area contributed by atoms with Crippen LogP contribution in [0.5, 0.6) is 0 Å². The van der Waals surface area contributed by atoms with Crippen molar-refractivity contribution in [2.24, 2.45) is 5.92 Å². The van der Waals surface area contributed by atoms with Gasteiger partial charge in [-0.05, 0) is 87.8 Å². The zero-order valence-electron chi connectivity index (χ0n) is 22.0. The van der Waals surface area contributed by atoms with Crippen LogP contribution in [0, 0.1) is 19.8 Å². The Hall–Kier alpha value is -3.50. The number of likely N-dealkylation sites (tertiary alicyclic amines) is 1. The summed E-state index contributed by atoms with van der Waals surface area (Å²) in [6.07, 6.45) is 4.68. The number of rotatable bonds is 7. The number of benzene rings is 3. The Morgan fingerprint density at radius 1 is 0.784 bits per heavy atom. The molecule has 3 heterocycles. The molecular weight excluding hydrogens is 452 g/mol. The maximum absolute atomic E-state index is 4.58. The minimum absolute atomic E-state index is 0.481. The van der Waals surface area contributed by atoms with Gasteiger partial charge in [0.25, 0.3) is 0 Å². The molecule has 188 valence electrons. The third-order valence-electron chi connectivity index (χ3n) is 8.42. The Balaban J connectivity index is 1.13. The van der Waals surface area contributed by atoms with Crippen molar-refractivity contribution in [3.8, 4) is 0 Å². The predicted molar refractivity (Wildman–Crippen MR) is 152 cm³/mol. The Morgan fingerprint density at radius 3 is 2.08 bits per heavy atom. The molecule has 4 heteroatoms. The van der Waals surface area contributed by atoms with Crippen molar-refractivity contribution in [3.05, 3.63) is 113 Å². The number of nitrogens with zero attached hydrogens (tertiary/aromatic N) is 4. The molecule has 0 atom stereocenters. The lowest BCUT2D eigenvalue weighted by molar-refractivity contribution is 0.173. The van der Waals surface area contributed by atoms with Crippen molar-refractivity contribution in [1.82, 2.24) is 19.5 Å². The third-order valence-corrected chi connectivity index (χ3v) is 8.42. The third kappa shape index (κ3) is 4.67. The number of hydrogen-bond donors (Lipinski definition) is 0. The van der Waals surface area contributed by atoms with Crippen molar-refractivity contribution < 1.29 is 0 Å². The molecule has 6 rings (SSSR count). The zero-order valence-corrected chi connectivity index (χ0v) is 22.0. The molecule has 0 amide bonds. The molecule has 0 spiro atoms. The summed E-state index contributed by atoms with van der Waals surface area (Å²) in [5, 5.41) is 10.3. The van der Waals surface area contributed by atoms with E-state index in [2.05, 4.69) is 111 Å². The van der Waals surface area contributed by atoms with Crippen LogP contribution < -0.4 is 0 Å². The van der Waals surface area contributed by atoms with E-state index in [1.807, 2.05) is 6.92 Å². The van der Waals surface area contributed by atoms with Gasteiger partial charge in [0.1, 0.15) is 5.82 Å². The van der Waals surface area contributed by atoms with Crippen molar-refractivity contribution in [3.63, 3.8) is 0 Å². The van der Waals surface area contributed by atoms with Crippen LogP contribution in [0.3, 0.4) is 0 Å². The fraction of sp³-hybridized carbons (Fsp3) is 0.333. The SMILES string of the molecule is Cc1c(CCCN2CCC(C(c3ccccc3)c3ccccc3)CC2)c2nnc(C)n2c2ccccc12. The number of para-hydroxylation sites is 1. The summed E-state index contributed by atoms with van der Waals surface area (Å²) in [7, 11) is 0. The molecule has 0 aliphatic carbocycles. The minimum Gasteiger partial charge on any atom is -0.303 e. The van der Waals surface area contributed by atoms with Crippen LogP contribution in [0.2, 0.25) is 0 Å². The first-order valence-corrected chi connectivity index (χ1v) is 13.7. The monoisotopic (exact) mass is 488 g/mol. The zero-order chi connectivity index (χ0) is 25.2. The second-order valence-electron chi connectivity index (χ2n) is 10.6. The Labute approximate surface area is 220 Å². The molecule has 1 aliphatic heterocycles. The van der Waals surface area contributed by atoms with Gasteiger partial charge in [-0.2, -0.15) is 0 Å². The Bertz CT molecular complexity index is 1440. The summed E-state index contributed by atoms with van der Waals surface area (Å²) in [6, 6.07) is 30.9. The fourth-order valence-corrected chi connectivity index (χ4v) is 6.51. The van der Waals surface area contributed by atoms with E-state index in [4.69, 9.17) is 0 Å². The maximum atomic E-state index is 4.58. The van der Waals surface area contributed by atoms with Gasteiger partial charge in [0.05, 0.1) is 5.52 Å². The average Bonchev–Trinajstić information content (AvgIpc) is 3.34. The van der Waals surface area contributed by atoms with Crippen LogP contribution >= 0.6 is 0 Å². The van der Waals surface area contributed by atoms with Crippen molar-refractivity contribution >= 4 is 16.6 Å². The van der Waals surface area contributed by atoms with Crippen molar-refractivity contribution in [1.29, 1.82) is 0 Å². The van der Waals surface area contributed by atoms with Crippen LogP contribution in [0.1, 0.15) is 53.3 Å². The molecule has 37 heavy (non-hydrogen) atoms. The molecule has 0 bridgehead atoms. The van der Waals surface area contributed by atoms with Gasteiger partial charge >= 0.3 is 0 Å². The van der Waals surface area contributed by atoms with E-state index < -0.39 is 0 Å². The van der Waals surface area contributed by atoms with Gasteiger partial charge in [-0.1, -0.05) is 78.9 Å². The van der Waals surface area contributed by atoms with Gasteiger partial charge < -0.3 is 4.90 Å². The summed E-state index contributed by atoms with van der Waals surface area (Å²) in [4.78, 5) is 2.67. The number of aromatic nitrogens is 3. The van der Waals surface area contributed by atoms with E-state index in [1.54, 1.807) is 0 Å². The standard InChI is InChI=1S/C33H36N4/c1-24-29-16-9-10-18-31(29)37-25(2)34-35-33(37)30(24)17-11-21-36-22-19-28(20-23-36)32(26-12-5-3-6-13-26)27-14-7-4-8-15-27/h3-10,12-16,18,28,32H,11,17,19-23H2,1-2H3. The molecular formula is C33H36N4. The van der Waals surface area contributed by atoms with Gasteiger partial charge in [-0.25, -0.2) is 0 Å². The topological polar surface area (TPSA) is 33.4 Å². The number of piperidine rings is 1. The summed E-state index contributed by atoms with van der Waals surface area (Å²) >= 11 is 0. The van der Waals surface area contributed by atoms with Crippen molar-refractivity contribution in [2.45, 2.75) is 45.4 Å². The van der Waals surface area contributed by atoms with E-state index in [-0.39, 0.29) is 0 Å². The molecule has 0 N–H and O–H groups in total. The predicted octanol–water partition coefficient (Wildman–Crippen LogP) is 6.98. The van der Waals surface area contributed by atoms with Crippen LogP contribution in [0.15, 0.2) is 84.9 Å². The van der Waals surface area contributed by atoms with E-state index in [0.29, 0.717) is 11.8 Å². The highest BCUT2D eigenvalue weighted by Gasteiger charge is 2.28. The molecule has 1 aliphatic rings. The molecule has 2 aromatic heterocycles. The van der Waals surface area contributed by atoms with E-state index >= 15 is 0 Å². The molecule has 3 aromatic carbocycles. The molecule has 0 saturated carbocycles. The molecule has 1 saturated heterocycles. The second-order valence-corrected chi connectivity index (χ2v) is 10.6. The first-order valence-electron chi connectivity index (χ1n) is 13.7. The highest BCUT2D eigenvalue weighted by molar-refractivity contribution is 5.87. The smallest absolute Gasteiger partial charge is 0.164 e. The van der Waals surface area contributed by atoms with Gasteiger partial charge in [-0.15, -0.1) is 10.2 Å². The summed E-state index contributed by atoms with van der Waals surface area (Å²) in [5.41, 5.74) is 7.83. The van der Waals surface area contributed by atoms with Crippen LogP contribution in [0.25, 0.3) is 16.6 Å². The van der Waals surface area contributed by atoms with E-state index in [0.717, 1.165) is 30.9 Å². The van der Waals surface area contributed by atoms with Crippen LogP contribution in [0.4, 0.5) is 0 Å². The molecule has 5 aromatic rings. The minimum atomic E-state index is 0.481. The van der Waals surface area contributed by atoms with Gasteiger partial charge in [-0.3, -0.25) is 4.40 Å². The molecule has 0 radical (unpaired) electrons. The number of pyridine rings is 1. The van der Waals surface area contributed by atoms with E-state index in [1.165, 1.54) is 59.1 Å². The Kier molecular flexibility index (Phi) is 6.75. The highest BCUT2D eigenvalue weighted by Crippen LogP contribution is 2.38. The lowest BCUT2D eigenvalue weighted by Crippen LogP contribution is -2.36. The number of hydrogen-bond acceptors (Lipinski definition) is 3. The molecule has 4 nitrogen and oxygen atoms in total. The summed E-state index contributed by atoms with van der Waals surface area (Å²) in [5.74, 6) is 2.12. The highest BCUT2D eigenvalue weighted by atomic mass is 15.2. The summed E-state index contributed by atoms with van der Waals surface area (Å²) < 4.78 is 2.23. The van der Waals surface area contributed by atoms with Gasteiger partial charge in [0.15, 0.2) is 5.65 Å². The number of aryl methyl sites for hydroxylation is 3. The first kappa shape index (κ1) is 23.9. The Morgan fingerprint density at radius 2 is 1.41 bits per heavy atom. The fourth-order valence-electron chi connectivity index (χ4n) is 6.51. The van der Waals surface area contributed by atoms with Crippen LogP contribution in [-0.4, -0.2) is 39.1 Å². The molecule has 0 unspecified atom stereocenters. The van der Waals surface area contributed by atoms with Crippen molar-refractivity contribution in [2.75, 3.05) is 19.6 Å². The lowest BCUT2D eigenvalue weighted by atomic mass is 9.76. The van der Waals surface area contributed by atoms with Gasteiger partial charge in [0, 0.05) is 16.9 Å². The van der Waals surface area contributed by atoms with Crippen LogP contribution in [-0.2, 0) is 6.42 Å². The maximum Gasteiger partial charge on any atom is 0.164 e. The largest absolute Gasteiger partial charge is 0.303 e. The molecule has 1 fully saturated rings. The summed E-state index contributed by atoms with van der Waals surface area (Å²) in [6.45, 7) is 7.79. The average molecular weight is 489 g/mol. The quantitative estimate of drug-likeness (QED) is 0.248. The second kappa shape index (κ2) is 10.5. The first-order chi connectivity index (χ1) is 18.2.